The van der Waals surface area contributed by atoms with Crippen molar-refractivity contribution in [1.82, 2.24) is 0 Å². The number of hydrogen-bond acceptors (Lipinski definition) is 7. The molecule has 0 radical (unpaired) electrons. The first-order valence-corrected chi connectivity index (χ1v) is 9.54. The largest absolute Gasteiger partial charge is 1.00 e. The summed E-state index contributed by atoms with van der Waals surface area (Å²) in [5, 5.41) is 13.0. The van der Waals surface area contributed by atoms with Gasteiger partial charge in [-0.25, -0.2) is 4.79 Å². The zero-order chi connectivity index (χ0) is 21.3. The lowest BCUT2D eigenvalue weighted by atomic mass is 10.0. The van der Waals surface area contributed by atoms with Gasteiger partial charge >= 0.3 is 11.6 Å². The molecule has 2 aromatic carbocycles. The van der Waals surface area contributed by atoms with Crippen LogP contribution in [0.4, 0.5) is 5.69 Å². The normalized spacial score (nSPS) is 12.3. The van der Waals surface area contributed by atoms with E-state index in [4.69, 9.17) is 13.9 Å². The van der Waals surface area contributed by atoms with Crippen molar-refractivity contribution in [2.75, 3.05) is 20.3 Å². The molecule has 1 aliphatic rings. The smallest absolute Gasteiger partial charge is 0.340 e. The Morgan fingerprint density at radius 3 is 2.61 bits per heavy atom. The number of nitrogens with two attached hydrogens (primary N) is 1. The fourth-order valence-electron chi connectivity index (χ4n) is 3.52. The third-order valence-electron chi connectivity index (χ3n) is 5.19. The maximum Gasteiger partial charge on any atom is 0.340 e. The molecule has 0 bridgehead atoms. The molecule has 0 unspecified atom stereocenters. The van der Waals surface area contributed by atoms with Gasteiger partial charge in [-0.3, -0.25) is 4.79 Å². The predicted octanol–water partition coefficient (Wildman–Crippen LogP) is -1.31. The lowest BCUT2D eigenvalue weighted by molar-refractivity contribution is -0.588. The molecule has 3 N–H and O–H groups in total. The van der Waals surface area contributed by atoms with E-state index in [1.807, 2.05) is 23.5 Å². The summed E-state index contributed by atoms with van der Waals surface area (Å²) in [5.74, 6) is 0.883. The van der Waals surface area contributed by atoms with Gasteiger partial charge < -0.3 is 41.5 Å². The summed E-state index contributed by atoms with van der Waals surface area (Å²) in [6.07, 6.45) is -0.167. The number of fused-ring (bicyclic) bond motifs is 2. The maximum atomic E-state index is 12.5. The fraction of sp³-hybridized carbons (Fsp3) is 0.273. The summed E-state index contributed by atoms with van der Waals surface area (Å²) >= 11 is 0. The van der Waals surface area contributed by atoms with Gasteiger partial charge in [0.05, 0.1) is 24.7 Å². The second kappa shape index (κ2) is 9.28. The van der Waals surface area contributed by atoms with E-state index < -0.39 is 11.6 Å². The van der Waals surface area contributed by atoms with Gasteiger partial charge in [-0.15, -0.1) is 0 Å². The second-order valence-corrected chi connectivity index (χ2v) is 7.00. The van der Waals surface area contributed by atoms with Gasteiger partial charge in [0.15, 0.2) is 17.1 Å². The third kappa shape index (κ3) is 4.45. The van der Waals surface area contributed by atoms with Crippen LogP contribution in [0.25, 0.3) is 11.0 Å². The Labute approximate surface area is 184 Å². The lowest BCUT2D eigenvalue weighted by Gasteiger charge is -2.18. The van der Waals surface area contributed by atoms with Gasteiger partial charge in [-0.05, 0) is 30.7 Å². The van der Waals surface area contributed by atoms with Crippen LogP contribution in [0.1, 0.15) is 16.7 Å². The number of quaternary nitrogens is 1. The van der Waals surface area contributed by atoms with Gasteiger partial charge in [0.1, 0.15) is 31.2 Å². The van der Waals surface area contributed by atoms with Gasteiger partial charge in [0, 0.05) is 17.5 Å². The zero-order valence-corrected chi connectivity index (χ0v) is 17.8. The number of ether oxygens (including phenoxy) is 3. The molecule has 1 aromatic heterocycles. The number of aromatic hydroxyl groups is 1. The van der Waals surface area contributed by atoms with E-state index in [0.717, 1.165) is 5.69 Å². The van der Waals surface area contributed by atoms with Gasteiger partial charge in [-0.1, -0.05) is 0 Å². The van der Waals surface area contributed by atoms with Crippen LogP contribution < -0.4 is 32.8 Å². The molecule has 164 valence electrons. The number of carbonyl (C=O) groups is 1. The highest BCUT2D eigenvalue weighted by molar-refractivity contribution is 5.86. The van der Waals surface area contributed by atoms with Crippen molar-refractivity contribution >= 4 is 22.6 Å². The second-order valence-electron chi connectivity index (χ2n) is 7.00. The molecular formula is C22H22ClNO7. The molecule has 0 spiro atoms. The molecule has 1 aliphatic heterocycles. The first-order valence-electron chi connectivity index (χ1n) is 9.54. The Balaban J connectivity index is 0.00000272. The molecule has 31 heavy (non-hydrogen) atoms. The number of benzene rings is 2. The van der Waals surface area contributed by atoms with E-state index >= 15 is 0 Å². The van der Waals surface area contributed by atoms with E-state index in [1.165, 1.54) is 7.11 Å². The van der Waals surface area contributed by atoms with Gasteiger partial charge in [0.2, 0.25) is 0 Å². The maximum absolute atomic E-state index is 12.5. The monoisotopic (exact) mass is 447 g/mol. The van der Waals surface area contributed by atoms with Crippen LogP contribution in [0.5, 0.6) is 17.2 Å². The quantitative estimate of drug-likeness (QED) is 0.284. The van der Waals surface area contributed by atoms with Gasteiger partial charge in [0.25, 0.3) is 0 Å². The topological polar surface area (TPSA) is 112 Å². The fourth-order valence-corrected chi connectivity index (χ4v) is 3.52. The lowest BCUT2D eigenvalue weighted by Crippen LogP contribution is -3.00. The highest BCUT2D eigenvalue weighted by atomic mass is 35.5. The van der Waals surface area contributed by atoms with Crippen LogP contribution in [-0.2, 0) is 22.5 Å². The van der Waals surface area contributed by atoms with Crippen LogP contribution in [0.3, 0.4) is 0 Å². The van der Waals surface area contributed by atoms with Crippen molar-refractivity contribution in [3.63, 3.8) is 0 Å². The van der Waals surface area contributed by atoms with Crippen LogP contribution >= 0.6 is 0 Å². The van der Waals surface area contributed by atoms with Crippen molar-refractivity contribution in [2.24, 2.45) is 0 Å². The molecular weight excluding hydrogens is 426 g/mol. The summed E-state index contributed by atoms with van der Waals surface area (Å²) in [7, 11) is 1.27. The molecule has 0 saturated carbocycles. The minimum Gasteiger partial charge on any atom is -1.00 e. The van der Waals surface area contributed by atoms with E-state index in [2.05, 4.69) is 4.74 Å². The molecule has 4 rings (SSSR count). The zero-order valence-electron chi connectivity index (χ0n) is 17.1. The number of halogens is 1. The number of esters is 1. The Kier molecular flexibility index (Phi) is 6.72. The number of rotatable bonds is 5. The molecule has 0 amide bonds. The van der Waals surface area contributed by atoms with E-state index in [-0.39, 0.29) is 30.1 Å². The minimum absolute atomic E-state index is 0. The number of methoxy groups -OCH3 is 1. The van der Waals surface area contributed by atoms with E-state index in [1.54, 1.807) is 19.1 Å². The molecule has 0 atom stereocenters. The SMILES string of the molecule is COC(=O)Cc1c(C)c2ccc(O)c(C[NH2+]c3ccc4c(c3)OCCO4)c2oc1=O.[Cl-]. The highest BCUT2D eigenvalue weighted by Crippen LogP contribution is 2.32. The van der Waals surface area contributed by atoms with Crippen molar-refractivity contribution in [3.05, 3.63) is 57.4 Å². The molecule has 9 heteroatoms. The van der Waals surface area contributed by atoms with Crippen molar-refractivity contribution in [2.45, 2.75) is 19.9 Å². The van der Waals surface area contributed by atoms with Crippen LogP contribution in [-0.4, -0.2) is 31.4 Å². The summed E-state index contributed by atoms with van der Waals surface area (Å²) < 4.78 is 21.3. The Morgan fingerprint density at radius 2 is 1.87 bits per heavy atom. The minimum atomic E-state index is -0.614. The van der Waals surface area contributed by atoms with E-state index in [0.29, 0.717) is 53.4 Å². The number of hydrogen-bond donors (Lipinski definition) is 2. The summed E-state index contributed by atoms with van der Waals surface area (Å²) in [4.78, 5) is 24.1. The summed E-state index contributed by atoms with van der Waals surface area (Å²) in [6.45, 7) is 3.11. The molecule has 2 heterocycles. The molecule has 0 saturated heterocycles. The van der Waals surface area contributed by atoms with Crippen LogP contribution in [0, 0.1) is 6.92 Å². The highest BCUT2D eigenvalue weighted by Gasteiger charge is 2.20. The molecule has 3 aromatic rings. The molecule has 0 fully saturated rings. The number of phenols is 1. The average molecular weight is 448 g/mol. The summed E-state index contributed by atoms with van der Waals surface area (Å²) in [5.41, 5.74) is 1.95. The van der Waals surface area contributed by atoms with Crippen LogP contribution in [0.2, 0.25) is 0 Å². The number of aryl methyl sites for hydroxylation is 1. The predicted molar refractivity (Wildman–Crippen MR) is 107 cm³/mol. The number of carbonyl (C=O) groups excluding carboxylic acids is 1. The van der Waals surface area contributed by atoms with Crippen molar-refractivity contribution < 1.29 is 46.3 Å². The standard InChI is InChI=1S/C22H21NO7.ClH/c1-12-14-4-5-17(24)16(21(14)30-22(26)15(12)10-20(25)27-2)11-23-13-3-6-18-19(9-13)29-8-7-28-18;/h3-6,9,23-24H,7-8,10-11H2,1-2H3;1H. The molecule has 8 nitrogen and oxygen atoms in total. The third-order valence-corrected chi connectivity index (χ3v) is 5.19. The Hall–Kier alpha value is -3.23. The van der Waals surface area contributed by atoms with Gasteiger partial charge in [-0.2, -0.15) is 0 Å². The number of phenolic OH excluding ortho intramolecular Hbond substituents is 1. The molecule has 0 aliphatic carbocycles. The van der Waals surface area contributed by atoms with Crippen LogP contribution in [0.15, 0.2) is 39.5 Å². The summed E-state index contributed by atoms with van der Waals surface area (Å²) in [6, 6.07) is 8.84. The van der Waals surface area contributed by atoms with Crippen molar-refractivity contribution in [1.29, 1.82) is 0 Å². The van der Waals surface area contributed by atoms with E-state index in [9.17, 15) is 14.7 Å². The average Bonchev–Trinajstić information content (AvgIpc) is 2.75. The Bertz CT molecular complexity index is 1190. The van der Waals surface area contributed by atoms with Crippen molar-refractivity contribution in [3.8, 4) is 17.2 Å². The first-order chi connectivity index (χ1) is 14.5. The Morgan fingerprint density at radius 1 is 1.13 bits per heavy atom. The first kappa shape index (κ1) is 22.5.